The van der Waals surface area contributed by atoms with Crippen LogP contribution < -0.4 is 5.32 Å². The van der Waals surface area contributed by atoms with Gasteiger partial charge in [-0.25, -0.2) is 9.48 Å². The minimum absolute atomic E-state index is 0.304. The minimum Gasteiger partial charge on any atom is -0.480 e. The van der Waals surface area contributed by atoms with Crippen LogP contribution >= 0.6 is 11.6 Å². The third-order valence-corrected chi connectivity index (χ3v) is 3.67. The number of hydrogen-bond acceptors (Lipinski definition) is 3. The summed E-state index contributed by atoms with van der Waals surface area (Å²) in [5.41, 5.74) is 1.57. The number of carboxylic acids is 1. The molecule has 0 saturated carbocycles. The molecular weight excluding hydrogens is 306 g/mol. The maximum absolute atomic E-state index is 12.2. The first-order chi connectivity index (χ1) is 10.5. The second kappa shape index (κ2) is 6.62. The fourth-order valence-electron chi connectivity index (χ4n) is 2.07. The summed E-state index contributed by atoms with van der Waals surface area (Å²) < 4.78 is 1.55. The van der Waals surface area contributed by atoms with Gasteiger partial charge in [0, 0.05) is 0 Å². The van der Waals surface area contributed by atoms with Crippen molar-refractivity contribution in [3.8, 4) is 5.69 Å². The van der Waals surface area contributed by atoms with Gasteiger partial charge in [0.15, 0.2) is 0 Å². The summed E-state index contributed by atoms with van der Waals surface area (Å²) in [5, 5.41) is 16.2. The molecule has 1 aromatic heterocycles. The molecule has 22 heavy (non-hydrogen) atoms. The van der Waals surface area contributed by atoms with E-state index in [1.54, 1.807) is 36.7 Å². The summed E-state index contributed by atoms with van der Waals surface area (Å²) in [6.07, 6.45) is 1.71. The summed E-state index contributed by atoms with van der Waals surface area (Å²) in [6.45, 7) is 3.42. The molecule has 0 fully saturated rings. The number of carbonyl (C=O) groups is 2. The monoisotopic (exact) mass is 321 g/mol. The van der Waals surface area contributed by atoms with E-state index in [0.29, 0.717) is 28.4 Å². The summed E-state index contributed by atoms with van der Waals surface area (Å²) in [4.78, 5) is 23.2. The number of para-hydroxylation sites is 1. The van der Waals surface area contributed by atoms with Crippen LogP contribution in [-0.4, -0.2) is 32.8 Å². The topological polar surface area (TPSA) is 84.2 Å². The van der Waals surface area contributed by atoms with Crippen LogP contribution in [-0.2, 0) is 4.79 Å². The Balaban J connectivity index is 2.30. The average molecular weight is 322 g/mol. The first kappa shape index (κ1) is 16.0. The highest BCUT2D eigenvalue weighted by Gasteiger charge is 2.22. The van der Waals surface area contributed by atoms with E-state index < -0.39 is 17.9 Å². The van der Waals surface area contributed by atoms with Gasteiger partial charge in [0.25, 0.3) is 5.91 Å². The molecule has 6 nitrogen and oxygen atoms in total. The Hall–Kier alpha value is -2.34. The van der Waals surface area contributed by atoms with Crippen LogP contribution in [0.2, 0.25) is 5.02 Å². The minimum atomic E-state index is -1.06. The number of aromatic nitrogens is 2. The van der Waals surface area contributed by atoms with Crippen molar-refractivity contribution in [2.24, 2.45) is 0 Å². The number of carboxylic acid groups (broad SMARTS) is 1. The molecule has 0 bridgehead atoms. The van der Waals surface area contributed by atoms with E-state index in [1.807, 2.05) is 6.07 Å². The first-order valence-electron chi connectivity index (χ1n) is 6.78. The fraction of sp³-hybridized carbons (Fsp3) is 0.267. The van der Waals surface area contributed by atoms with Crippen molar-refractivity contribution in [3.63, 3.8) is 0 Å². The van der Waals surface area contributed by atoms with Crippen LogP contribution in [0.25, 0.3) is 5.69 Å². The lowest BCUT2D eigenvalue weighted by Crippen LogP contribution is -2.40. The highest BCUT2D eigenvalue weighted by Crippen LogP contribution is 2.22. The van der Waals surface area contributed by atoms with Crippen molar-refractivity contribution in [1.82, 2.24) is 15.1 Å². The molecule has 0 aliphatic heterocycles. The van der Waals surface area contributed by atoms with Crippen LogP contribution in [0.3, 0.4) is 0 Å². The zero-order valence-electron chi connectivity index (χ0n) is 12.2. The molecule has 0 radical (unpaired) electrons. The lowest BCUT2D eigenvalue weighted by atomic mass is 10.2. The molecule has 0 spiro atoms. The SMILES string of the molecule is CCC(NC(=O)c1cnn(-c2ccccc2Cl)c1C)C(=O)O. The average Bonchev–Trinajstić information content (AvgIpc) is 2.86. The molecule has 2 rings (SSSR count). The number of nitrogens with zero attached hydrogens (tertiary/aromatic N) is 2. The van der Waals surface area contributed by atoms with E-state index >= 15 is 0 Å². The Kier molecular flexibility index (Phi) is 4.82. The van der Waals surface area contributed by atoms with Crippen LogP contribution in [0, 0.1) is 6.92 Å². The first-order valence-corrected chi connectivity index (χ1v) is 7.16. The van der Waals surface area contributed by atoms with Crippen molar-refractivity contribution in [1.29, 1.82) is 0 Å². The predicted octanol–water partition coefficient (Wildman–Crippen LogP) is 2.43. The fourth-order valence-corrected chi connectivity index (χ4v) is 2.29. The molecule has 0 saturated heterocycles. The van der Waals surface area contributed by atoms with Crippen LogP contribution in [0.4, 0.5) is 0 Å². The van der Waals surface area contributed by atoms with Crippen molar-refractivity contribution in [3.05, 3.63) is 46.7 Å². The highest BCUT2D eigenvalue weighted by atomic mass is 35.5. The molecule has 7 heteroatoms. The number of nitrogens with one attached hydrogen (secondary N) is 1. The van der Waals surface area contributed by atoms with Gasteiger partial charge >= 0.3 is 5.97 Å². The standard InChI is InChI=1S/C15H16ClN3O3/c1-3-12(15(21)22)18-14(20)10-8-17-19(9(10)2)13-7-5-4-6-11(13)16/h4-8,12H,3H2,1-2H3,(H,18,20)(H,21,22). The van der Waals surface area contributed by atoms with Crippen molar-refractivity contribution in [2.75, 3.05) is 0 Å². The van der Waals surface area contributed by atoms with E-state index in [2.05, 4.69) is 10.4 Å². The quantitative estimate of drug-likeness (QED) is 0.885. The normalized spacial score (nSPS) is 12.0. The molecule has 2 N–H and O–H groups in total. The number of amides is 1. The summed E-state index contributed by atoms with van der Waals surface area (Å²) in [7, 11) is 0. The lowest BCUT2D eigenvalue weighted by Gasteiger charge is -2.12. The van der Waals surface area contributed by atoms with Gasteiger partial charge in [0.05, 0.1) is 28.2 Å². The Morgan fingerprint density at radius 2 is 2.09 bits per heavy atom. The van der Waals surface area contributed by atoms with Gasteiger partial charge in [-0.15, -0.1) is 0 Å². The van der Waals surface area contributed by atoms with Gasteiger partial charge in [-0.1, -0.05) is 30.7 Å². The highest BCUT2D eigenvalue weighted by molar-refractivity contribution is 6.32. The molecule has 1 atom stereocenters. The van der Waals surface area contributed by atoms with Crippen LogP contribution in [0.5, 0.6) is 0 Å². The number of aliphatic carboxylic acids is 1. The van der Waals surface area contributed by atoms with Gasteiger partial charge in [0.2, 0.25) is 0 Å². The molecule has 0 aliphatic rings. The van der Waals surface area contributed by atoms with Gasteiger partial charge in [-0.2, -0.15) is 5.10 Å². The number of carbonyl (C=O) groups excluding carboxylic acids is 1. The van der Waals surface area contributed by atoms with Crippen LogP contribution in [0.1, 0.15) is 29.4 Å². The molecule has 1 amide bonds. The third kappa shape index (κ3) is 3.12. The molecule has 1 heterocycles. The third-order valence-electron chi connectivity index (χ3n) is 3.35. The maximum Gasteiger partial charge on any atom is 0.326 e. The van der Waals surface area contributed by atoms with Crippen molar-refractivity contribution < 1.29 is 14.7 Å². The Morgan fingerprint density at radius 3 is 2.68 bits per heavy atom. The molecule has 1 aromatic carbocycles. The van der Waals surface area contributed by atoms with Gasteiger partial charge < -0.3 is 10.4 Å². The zero-order chi connectivity index (χ0) is 16.3. The summed E-state index contributed by atoms with van der Waals surface area (Å²) >= 11 is 6.13. The number of rotatable bonds is 5. The molecule has 2 aromatic rings. The smallest absolute Gasteiger partial charge is 0.326 e. The van der Waals surface area contributed by atoms with E-state index in [1.165, 1.54) is 6.20 Å². The van der Waals surface area contributed by atoms with Crippen molar-refractivity contribution >= 4 is 23.5 Å². The lowest BCUT2D eigenvalue weighted by molar-refractivity contribution is -0.139. The van der Waals surface area contributed by atoms with E-state index in [0.717, 1.165) is 0 Å². The molecular formula is C15H16ClN3O3. The van der Waals surface area contributed by atoms with Gasteiger partial charge in [-0.05, 0) is 25.5 Å². The number of hydrogen-bond donors (Lipinski definition) is 2. The molecule has 0 aliphatic carbocycles. The van der Waals surface area contributed by atoms with E-state index in [9.17, 15) is 9.59 Å². The van der Waals surface area contributed by atoms with Crippen molar-refractivity contribution in [2.45, 2.75) is 26.3 Å². The second-order valence-corrected chi connectivity index (χ2v) is 5.19. The Bertz CT molecular complexity index is 712. The van der Waals surface area contributed by atoms with E-state index in [4.69, 9.17) is 16.7 Å². The Morgan fingerprint density at radius 1 is 1.41 bits per heavy atom. The maximum atomic E-state index is 12.2. The van der Waals surface area contributed by atoms with E-state index in [-0.39, 0.29) is 0 Å². The zero-order valence-corrected chi connectivity index (χ0v) is 13.0. The Labute approximate surface area is 132 Å². The summed E-state index contributed by atoms with van der Waals surface area (Å²) in [5.74, 6) is -1.53. The molecule has 1 unspecified atom stereocenters. The largest absolute Gasteiger partial charge is 0.480 e. The number of halogens is 1. The summed E-state index contributed by atoms with van der Waals surface area (Å²) in [6, 6.07) is 6.22. The second-order valence-electron chi connectivity index (χ2n) is 4.78. The number of benzene rings is 1. The van der Waals surface area contributed by atoms with Gasteiger partial charge in [-0.3, -0.25) is 4.79 Å². The van der Waals surface area contributed by atoms with Gasteiger partial charge in [0.1, 0.15) is 6.04 Å². The van der Waals surface area contributed by atoms with Crippen LogP contribution in [0.15, 0.2) is 30.5 Å². The molecule has 116 valence electrons. The predicted molar refractivity (Wildman–Crippen MR) is 82.5 cm³/mol.